The van der Waals surface area contributed by atoms with E-state index in [1.165, 1.54) is 0 Å². The van der Waals surface area contributed by atoms with Gasteiger partial charge in [0.25, 0.3) is 0 Å². The van der Waals surface area contributed by atoms with Gasteiger partial charge in [0.15, 0.2) is 9.84 Å². The Bertz CT molecular complexity index is 383. The number of aliphatic imine (C=N–C) groups is 1. The van der Waals surface area contributed by atoms with Crippen molar-refractivity contribution >= 4 is 15.8 Å². The molecule has 1 rings (SSSR count). The Hall–Kier alpha value is -0.860. The van der Waals surface area contributed by atoms with Crippen LogP contribution in [0, 0.1) is 5.92 Å². The van der Waals surface area contributed by atoms with E-state index in [2.05, 4.69) is 15.7 Å². The number of ether oxygens (including phenoxy) is 1. The van der Waals surface area contributed by atoms with Crippen molar-refractivity contribution in [1.29, 1.82) is 0 Å². The maximum atomic E-state index is 11.3. The first-order valence-electron chi connectivity index (χ1n) is 5.94. The molecule has 8 heteroatoms. The van der Waals surface area contributed by atoms with E-state index in [1.54, 1.807) is 7.11 Å². The second-order valence-corrected chi connectivity index (χ2v) is 6.83. The Labute approximate surface area is 108 Å². The number of nitrogens with two attached hydrogens (primary N) is 1. The van der Waals surface area contributed by atoms with E-state index < -0.39 is 9.84 Å². The molecule has 106 valence electrons. The van der Waals surface area contributed by atoms with E-state index in [1.807, 2.05) is 6.92 Å². The van der Waals surface area contributed by atoms with Gasteiger partial charge >= 0.3 is 0 Å². The van der Waals surface area contributed by atoms with Gasteiger partial charge in [-0.3, -0.25) is 10.4 Å². The van der Waals surface area contributed by atoms with Gasteiger partial charge in [0.1, 0.15) is 0 Å². The molecule has 1 aliphatic rings. The van der Waals surface area contributed by atoms with Crippen LogP contribution in [0.5, 0.6) is 0 Å². The van der Waals surface area contributed by atoms with Gasteiger partial charge in [-0.25, -0.2) is 14.3 Å². The Morgan fingerprint density at radius 2 is 2.33 bits per heavy atom. The molecule has 0 aliphatic carbocycles. The van der Waals surface area contributed by atoms with Crippen LogP contribution in [-0.4, -0.2) is 52.2 Å². The molecule has 4 N–H and O–H groups in total. The van der Waals surface area contributed by atoms with Crippen molar-refractivity contribution in [2.45, 2.75) is 19.4 Å². The van der Waals surface area contributed by atoms with Crippen LogP contribution >= 0.6 is 0 Å². The molecule has 7 nitrogen and oxygen atoms in total. The number of hydrogen-bond acceptors (Lipinski definition) is 5. The molecule has 0 saturated carbocycles. The lowest BCUT2D eigenvalue weighted by atomic mass is 10.1. The summed E-state index contributed by atoms with van der Waals surface area (Å²) in [7, 11) is -1.22. The van der Waals surface area contributed by atoms with Gasteiger partial charge in [-0.1, -0.05) is 0 Å². The molecule has 1 aliphatic heterocycles. The normalized spacial score (nSPS) is 24.8. The molecule has 0 aromatic rings. The van der Waals surface area contributed by atoms with Gasteiger partial charge in [-0.15, -0.1) is 0 Å². The lowest BCUT2D eigenvalue weighted by Crippen LogP contribution is -2.47. The van der Waals surface area contributed by atoms with E-state index in [0.717, 1.165) is 0 Å². The molecule has 2 atom stereocenters. The highest BCUT2D eigenvalue weighted by atomic mass is 32.2. The lowest BCUT2D eigenvalue weighted by molar-refractivity contribution is 0.179. The zero-order chi connectivity index (χ0) is 13.6. The Morgan fingerprint density at radius 1 is 1.61 bits per heavy atom. The number of nitrogens with one attached hydrogen (secondary N) is 2. The van der Waals surface area contributed by atoms with Crippen molar-refractivity contribution in [2.24, 2.45) is 16.8 Å². The summed E-state index contributed by atoms with van der Waals surface area (Å²) >= 11 is 0. The summed E-state index contributed by atoms with van der Waals surface area (Å²) in [6, 6.07) is 0.0807. The molecule has 0 radical (unpaired) electrons. The summed E-state index contributed by atoms with van der Waals surface area (Å²) in [6.07, 6.45) is 0.678. The Kier molecular flexibility index (Phi) is 5.83. The van der Waals surface area contributed by atoms with Crippen LogP contribution in [0.4, 0.5) is 0 Å². The van der Waals surface area contributed by atoms with E-state index >= 15 is 0 Å². The van der Waals surface area contributed by atoms with Gasteiger partial charge in [-0.2, -0.15) is 0 Å². The largest absolute Gasteiger partial charge is 0.383 e. The van der Waals surface area contributed by atoms with Crippen LogP contribution in [0.3, 0.4) is 0 Å². The predicted octanol–water partition coefficient (Wildman–Crippen LogP) is -1.14. The highest BCUT2D eigenvalue weighted by Crippen LogP contribution is 2.18. The third-order valence-electron chi connectivity index (χ3n) is 2.77. The highest BCUT2D eigenvalue weighted by molar-refractivity contribution is 7.91. The van der Waals surface area contributed by atoms with E-state index in [9.17, 15) is 8.42 Å². The number of guanidine groups is 1. The van der Waals surface area contributed by atoms with E-state index in [0.29, 0.717) is 25.5 Å². The van der Waals surface area contributed by atoms with Gasteiger partial charge in [0.2, 0.25) is 5.96 Å². The van der Waals surface area contributed by atoms with Crippen LogP contribution in [0.1, 0.15) is 13.3 Å². The minimum Gasteiger partial charge on any atom is -0.383 e. The van der Waals surface area contributed by atoms with Gasteiger partial charge < -0.3 is 10.1 Å². The molecule has 1 fully saturated rings. The fourth-order valence-corrected chi connectivity index (χ4v) is 3.74. The predicted molar refractivity (Wildman–Crippen MR) is 70.9 cm³/mol. The summed E-state index contributed by atoms with van der Waals surface area (Å²) in [5.74, 6) is 6.40. The maximum Gasteiger partial charge on any atom is 0.206 e. The fraction of sp³-hybridized carbons (Fsp3) is 0.900. The third kappa shape index (κ3) is 5.19. The van der Waals surface area contributed by atoms with Crippen LogP contribution in [0.2, 0.25) is 0 Å². The first-order valence-corrected chi connectivity index (χ1v) is 7.76. The van der Waals surface area contributed by atoms with Crippen molar-refractivity contribution in [1.82, 2.24) is 10.7 Å². The van der Waals surface area contributed by atoms with Crippen molar-refractivity contribution in [2.75, 3.05) is 31.8 Å². The molecule has 1 saturated heterocycles. The summed E-state index contributed by atoms with van der Waals surface area (Å²) in [5, 5.41) is 3.05. The first kappa shape index (κ1) is 15.2. The fourth-order valence-electron chi connectivity index (χ4n) is 1.89. The van der Waals surface area contributed by atoms with Crippen LogP contribution < -0.4 is 16.6 Å². The molecule has 2 unspecified atom stereocenters. The van der Waals surface area contributed by atoms with Crippen molar-refractivity contribution < 1.29 is 13.2 Å². The number of hydrazine groups is 1. The standard InChI is InChI=1S/C10H22N4O3S/c1-8(6-17-2)13-10(14-11)12-5-9-3-4-18(15,16)7-9/h8-9H,3-7,11H2,1-2H3,(H2,12,13,14). The molecular formula is C10H22N4O3S. The molecule has 0 amide bonds. The first-order chi connectivity index (χ1) is 8.46. The maximum absolute atomic E-state index is 11.3. The lowest BCUT2D eigenvalue weighted by Gasteiger charge is -2.16. The van der Waals surface area contributed by atoms with E-state index in [-0.39, 0.29) is 23.5 Å². The SMILES string of the molecule is COCC(C)NC(=NCC1CCS(=O)(=O)C1)NN. The minimum absolute atomic E-state index is 0.0807. The summed E-state index contributed by atoms with van der Waals surface area (Å²) in [4.78, 5) is 4.26. The van der Waals surface area contributed by atoms with Gasteiger partial charge in [0.05, 0.1) is 18.1 Å². The van der Waals surface area contributed by atoms with Crippen molar-refractivity contribution in [3.63, 3.8) is 0 Å². The molecule has 0 aromatic heterocycles. The van der Waals surface area contributed by atoms with Crippen LogP contribution in [0.15, 0.2) is 4.99 Å². The average Bonchev–Trinajstić information content (AvgIpc) is 2.64. The summed E-state index contributed by atoms with van der Waals surface area (Å²) in [6.45, 7) is 2.94. The zero-order valence-corrected chi connectivity index (χ0v) is 11.7. The number of rotatable bonds is 5. The molecular weight excluding hydrogens is 256 g/mol. The van der Waals surface area contributed by atoms with Crippen molar-refractivity contribution in [3.05, 3.63) is 0 Å². The summed E-state index contributed by atoms with van der Waals surface area (Å²) in [5.41, 5.74) is 2.47. The number of sulfone groups is 1. The minimum atomic E-state index is -2.84. The quantitative estimate of drug-likeness (QED) is 0.254. The molecule has 0 aromatic carbocycles. The molecule has 0 spiro atoms. The molecule has 1 heterocycles. The molecule has 0 bridgehead atoms. The Balaban J connectivity index is 2.43. The van der Waals surface area contributed by atoms with E-state index in [4.69, 9.17) is 10.6 Å². The highest BCUT2D eigenvalue weighted by Gasteiger charge is 2.27. The van der Waals surface area contributed by atoms with Crippen LogP contribution in [0.25, 0.3) is 0 Å². The second kappa shape index (κ2) is 6.91. The summed E-state index contributed by atoms with van der Waals surface area (Å²) < 4.78 is 27.6. The number of methoxy groups -OCH3 is 1. The Morgan fingerprint density at radius 3 is 2.83 bits per heavy atom. The average molecular weight is 278 g/mol. The monoisotopic (exact) mass is 278 g/mol. The van der Waals surface area contributed by atoms with Gasteiger partial charge in [-0.05, 0) is 19.3 Å². The zero-order valence-electron chi connectivity index (χ0n) is 10.8. The second-order valence-electron chi connectivity index (χ2n) is 4.60. The third-order valence-corrected chi connectivity index (χ3v) is 4.61. The van der Waals surface area contributed by atoms with Crippen molar-refractivity contribution in [3.8, 4) is 0 Å². The van der Waals surface area contributed by atoms with Gasteiger partial charge in [0, 0.05) is 19.7 Å². The smallest absolute Gasteiger partial charge is 0.206 e. The topological polar surface area (TPSA) is 106 Å². The van der Waals surface area contributed by atoms with Crippen LogP contribution in [-0.2, 0) is 14.6 Å². The number of nitrogens with zero attached hydrogens (tertiary/aromatic N) is 1. The number of hydrogen-bond donors (Lipinski definition) is 3. The molecule has 18 heavy (non-hydrogen) atoms.